The second kappa shape index (κ2) is 4.05. The van der Waals surface area contributed by atoms with Crippen LogP contribution >= 0.6 is 11.8 Å². The second-order valence-corrected chi connectivity index (χ2v) is 4.76. The minimum atomic E-state index is 0.156. The van der Waals surface area contributed by atoms with Crippen molar-refractivity contribution in [1.29, 1.82) is 0 Å². The van der Waals surface area contributed by atoms with E-state index in [0.717, 1.165) is 17.9 Å². The van der Waals surface area contributed by atoms with E-state index in [1.807, 2.05) is 47.0 Å². The third-order valence-corrected chi connectivity index (χ3v) is 3.57. The van der Waals surface area contributed by atoms with Crippen LogP contribution in [-0.4, -0.2) is 28.5 Å². The van der Waals surface area contributed by atoms with E-state index >= 15 is 0 Å². The highest BCUT2D eigenvalue weighted by Crippen LogP contribution is 2.24. The van der Waals surface area contributed by atoms with E-state index in [1.165, 1.54) is 0 Å². The van der Waals surface area contributed by atoms with Crippen LogP contribution in [0.2, 0.25) is 0 Å². The summed E-state index contributed by atoms with van der Waals surface area (Å²) in [5.74, 6) is 1.21. The fourth-order valence-electron chi connectivity index (χ4n) is 1.61. The number of carbonyl (C=O) groups is 1. The minimum absolute atomic E-state index is 0.156. The SMILES string of the molecule is CC1SCCN1C(=O)c1ccccc1. The lowest BCUT2D eigenvalue weighted by atomic mass is 10.2. The molecule has 1 amide bonds. The summed E-state index contributed by atoms with van der Waals surface area (Å²) in [6.45, 7) is 2.96. The zero-order valence-corrected chi connectivity index (χ0v) is 8.96. The van der Waals surface area contributed by atoms with Crippen molar-refractivity contribution in [2.24, 2.45) is 0 Å². The van der Waals surface area contributed by atoms with E-state index in [-0.39, 0.29) is 5.91 Å². The quantitative estimate of drug-likeness (QED) is 0.703. The summed E-state index contributed by atoms with van der Waals surface area (Å²) in [7, 11) is 0. The second-order valence-electron chi connectivity index (χ2n) is 3.33. The van der Waals surface area contributed by atoms with Gasteiger partial charge in [-0.25, -0.2) is 0 Å². The lowest BCUT2D eigenvalue weighted by Gasteiger charge is -2.20. The molecule has 2 nitrogen and oxygen atoms in total. The molecule has 1 fully saturated rings. The largest absolute Gasteiger partial charge is 0.326 e. The molecule has 1 heterocycles. The number of benzene rings is 1. The lowest BCUT2D eigenvalue weighted by Crippen LogP contribution is -2.32. The van der Waals surface area contributed by atoms with Gasteiger partial charge in [0.2, 0.25) is 0 Å². The number of hydrogen-bond acceptors (Lipinski definition) is 2. The predicted octanol–water partition coefficient (Wildman–Crippen LogP) is 2.22. The number of amides is 1. The Hall–Kier alpha value is -0.960. The molecule has 1 atom stereocenters. The average molecular weight is 207 g/mol. The van der Waals surface area contributed by atoms with Crippen molar-refractivity contribution in [2.45, 2.75) is 12.3 Å². The van der Waals surface area contributed by atoms with Gasteiger partial charge in [-0.1, -0.05) is 18.2 Å². The monoisotopic (exact) mass is 207 g/mol. The van der Waals surface area contributed by atoms with E-state index in [4.69, 9.17) is 0 Å². The molecule has 0 saturated carbocycles. The Morgan fingerprint density at radius 2 is 2.14 bits per heavy atom. The van der Waals surface area contributed by atoms with Crippen LogP contribution in [0.3, 0.4) is 0 Å². The van der Waals surface area contributed by atoms with Gasteiger partial charge in [-0.05, 0) is 19.1 Å². The molecule has 0 N–H and O–H groups in total. The fourth-order valence-corrected chi connectivity index (χ4v) is 2.63. The lowest BCUT2D eigenvalue weighted by molar-refractivity contribution is 0.0768. The minimum Gasteiger partial charge on any atom is -0.326 e. The molecule has 0 radical (unpaired) electrons. The van der Waals surface area contributed by atoms with Crippen molar-refractivity contribution >= 4 is 17.7 Å². The van der Waals surface area contributed by atoms with Gasteiger partial charge >= 0.3 is 0 Å². The smallest absolute Gasteiger partial charge is 0.254 e. The molecule has 1 aliphatic heterocycles. The maximum atomic E-state index is 12.0. The van der Waals surface area contributed by atoms with Gasteiger partial charge in [0, 0.05) is 17.9 Å². The number of hydrogen-bond donors (Lipinski definition) is 0. The maximum absolute atomic E-state index is 12.0. The number of carbonyl (C=O) groups excluding carboxylic acids is 1. The van der Waals surface area contributed by atoms with Gasteiger partial charge in [-0.15, -0.1) is 11.8 Å². The third kappa shape index (κ3) is 1.77. The molecule has 3 heteroatoms. The molecule has 14 heavy (non-hydrogen) atoms. The van der Waals surface area contributed by atoms with Crippen LogP contribution in [-0.2, 0) is 0 Å². The van der Waals surface area contributed by atoms with Gasteiger partial charge in [0.15, 0.2) is 0 Å². The zero-order valence-electron chi connectivity index (χ0n) is 8.14. The Morgan fingerprint density at radius 3 is 2.71 bits per heavy atom. The van der Waals surface area contributed by atoms with E-state index in [1.54, 1.807) is 0 Å². The number of thioether (sulfide) groups is 1. The van der Waals surface area contributed by atoms with Crippen LogP contribution in [0, 0.1) is 0 Å². The van der Waals surface area contributed by atoms with Gasteiger partial charge in [0.05, 0.1) is 5.37 Å². The summed E-state index contributed by atoms with van der Waals surface area (Å²) in [5.41, 5.74) is 0.793. The topological polar surface area (TPSA) is 20.3 Å². The molecule has 1 aromatic carbocycles. The van der Waals surface area contributed by atoms with E-state index < -0.39 is 0 Å². The van der Waals surface area contributed by atoms with Crippen molar-refractivity contribution < 1.29 is 4.79 Å². The first-order chi connectivity index (χ1) is 6.79. The van der Waals surface area contributed by atoms with Crippen LogP contribution < -0.4 is 0 Å². The molecule has 0 spiro atoms. The molecular formula is C11H13NOS. The van der Waals surface area contributed by atoms with Crippen LogP contribution in [0.15, 0.2) is 30.3 Å². The summed E-state index contributed by atoms with van der Waals surface area (Å²) in [6.07, 6.45) is 0. The van der Waals surface area contributed by atoms with E-state index in [9.17, 15) is 4.79 Å². The first kappa shape index (κ1) is 9.59. The Labute approximate surface area is 88.3 Å². The summed E-state index contributed by atoms with van der Waals surface area (Å²) < 4.78 is 0. The molecular weight excluding hydrogens is 194 g/mol. The van der Waals surface area contributed by atoms with Crippen LogP contribution in [0.5, 0.6) is 0 Å². The summed E-state index contributed by atoms with van der Waals surface area (Å²) >= 11 is 1.83. The van der Waals surface area contributed by atoms with Gasteiger partial charge in [0.1, 0.15) is 0 Å². The average Bonchev–Trinajstić information content (AvgIpc) is 2.65. The van der Waals surface area contributed by atoms with E-state index in [0.29, 0.717) is 5.37 Å². The van der Waals surface area contributed by atoms with Crippen molar-refractivity contribution in [1.82, 2.24) is 4.90 Å². The standard InChI is InChI=1S/C11H13NOS/c1-9-12(7-8-14-9)11(13)10-5-3-2-4-6-10/h2-6,9H,7-8H2,1H3. The highest BCUT2D eigenvalue weighted by molar-refractivity contribution is 8.00. The van der Waals surface area contributed by atoms with Crippen LogP contribution in [0.4, 0.5) is 0 Å². The molecule has 1 aromatic rings. The first-order valence-electron chi connectivity index (χ1n) is 4.76. The van der Waals surface area contributed by atoms with E-state index in [2.05, 4.69) is 6.92 Å². The predicted molar refractivity (Wildman–Crippen MR) is 59.4 cm³/mol. The first-order valence-corrected chi connectivity index (χ1v) is 5.81. The van der Waals surface area contributed by atoms with Crippen molar-refractivity contribution in [2.75, 3.05) is 12.3 Å². The molecule has 1 aliphatic rings. The van der Waals surface area contributed by atoms with Gasteiger partial charge < -0.3 is 4.90 Å². The third-order valence-electron chi connectivity index (χ3n) is 2.41. The summed E-state index contributed by atoms with van der Waals surface area (Å²) in [4.78, 5) is 13.9. The molecule has 1 unspecified atom stereocenters. The molecule has 0 bridgehead atoms. The Balaban J connectivity index is 2.16. The number of nitrogens with zero attached hydrogens (tertiary/aromatic N) is 1. The molecule has 2 rings (SSSR count). The van der Waals surface area contributed by atoms with Crippen molar-refractivity contribution in [3.63, 3.8) is 0 Å². The summed E-state index contributed by atoms with van der Waals surface area (Å²) in [6, 6.07) is 9.48. The van der Waals surface area contributed by atoms with Crippen LogP contribution in [0.25, 0.3) is 0 Å². The summed E-state index contributed by atoms with van der Waals surface area (Å²) in [5, 5.41) is 0.322. The molecule has 0 aromatic heterocycles. The Bertz CT molecular complexity index is 325. The van der Waals surface area contributed by atoms with Crippen molar-refractivity contribution in [3.05, 3.63) is 35.9 Å². The maximum Gasteiger partial charge on any atom is 0.254 e. The fraction of sp³-hybridized carbons (Fsp3) is 0.364. The highest BCUT2D eigenvalue weighted by atomic mass is 32.2. The van der Waals surface area contributed by atoms with Gasteiger partial charge in [-0.3, -0.25) is 4.79 Å². The molecule has 1 saturated heterocycles. The molecule has 0 aliphatic carbocycles. The van der Waals surface area contributed by atoms with Gasteiger partial charge in [0.25, 0.3) is 5.91 Å². The number of rotatable bonds is 1. The highest BCUT2D eigenvalue weighted by Gasteiger charge is 2.26. The van der Waals surface area contributed by atoms with Crippen LogP contribution in [0.1, 0.15) is 17.3 Å². The molecule has 74 valence electrons. The Kier molecular flexibility index (Phi) is 2.77. The zero-order chi connectivity index (χ0) is 9.97. The van der Waals surface area contributed by atoms with Crippen molar-refractivity contribution in [3.8, 4) is 0 Å². The Morgan fingerprint density at radius 1 is 1.43 bits per heavy atom. The normalized spacial score (nSPS) is 21.2. The van der Waals surface area contributed by atoms with Gasteiger partial charge in [-0.2, -0.15) is 0 Å².